The molecule has 0 radical (unpaired) electrons. The average Bonchev–Trinajstić information content (AvgIpc) is 2.26. The summed E-state index contributed by atoms with van der Waals surface area (Å²) in [7, 11) is 0. The fourth-order valence-corrected chi connectivity index (χ4v) is 1.40. The molecule has 0 fully saturated rings. The van der Waals surface area contributed by atoms with E-state index in [0.717, 1.165) is 11.1 Å². The second kappa shape index (κ2) is 6.08. The normalized spacial score (nSPS) is 11.7. The first-order chi connectivity index (χ1) is 7.63. The van der Waals surface area contributed by atoms with E-state index >= 15 is 0 Å². The highest BCUT2D eigenvalue weighted by molar-refractivity contribution is 5.88. The van der Waals surface area contributed by atoms with Gasteiger partial charge in [0.05, 0.1) is 12.6 Å². The molecule has 0 aromatic heterocycles. The molecule has 86 valence electrons. The lowest BCUT2D eigenvalue weighted by molar-refractivity contribution is -0.117. The van der Waals surface area contributed by atoms with Gasteiger partial charge in [-0.3, -0.25) is 4.79 Å². The smallest absolute Gasteiger partial charge is 0.244 e. The summed E-state index contributed by atoms with van der Waals surface area (Å²) in [6.07, 6.45) is 1.52. The van der Waals surface area contributed by atoms with Crippen LogP contribution in [0.1, 0.15) is 25.5 Å². The zero-order valence-electron chi connectivity index (χ0n) is 9.60. The Labute approximate surface area is 95.8 Å². The Kier molecular flexibility index (Phi) is 4.73. The van der Waals surface area contributed by atoms with Crippen molar-refractivity contribution in [1.29, 1.82) is 0 Å². The van der Waals surface area contributed by atoms with E-state index in [0.29, 0.717) is 0 Å². The minimum Gasteiger partial charge on any atom is -0.394 e. The van der Waals surface area contributed by atoms with Crippen LogP contribution in [0.2, 0.25) is 0 Å². The van der Waals surface area contributed by atoms with Crippen LogP contribution in [0.15, 0.2) is 42.0 Å². The van der Waals surface area contributed by atoms with Crippen molar-refractivity contribution in [3.8, 4) is 0 Å². The molecule has 0 heterocycles. The maximum absolute atomic E-state index is 11.5. The third kappa shape index (κ3) is 3.87. The van der Waals surface area contributed by atoms with E-state index in [1.54, 1.807) is 0 Å². The number of allylic oxidation sites excluding steroid dienone is 1. The molecule has 0 aliphatic heterocycles. The van der Waals surface area contributed by atoms with Crippen LogP contribution in [0.4, 0.5) is 0 Å². The second-order valence-electron chi connectivity index (χ2n) is 3.88. The van der Waals surface area contributed by atoms with Crippen molar-refractivity contribution in [2.45, 2.75) is 19.9 Å². The number of amides is 1. The molecule has 16 heavy (non-hydrogen) atoms. The molecule has 0 bridgehead atoms. The van der Waals surface area contributed by atoms with Crippen LogP contribution in [-0.4, -0.2) is 17.6 Å². The van der Waals surface area contributed by atoms with E-state index in [4.69, 9.17) is 0 Å². The van der Waals surface area contributed by atoms with E-state index < -0.39 is 0 Å². The van der Waals surface area contributed by atoms with Gasteiger partial charge in [0, 0.05) is 6.08 Å². The zero-order chi connectivity index (χ0) is 12.0. The number of aliphatic hydroxyl groups excluding tert-OH is 1. The van der Waals surface area contributed by atoms with E-state index in [2.05, 4.69) is 5.32 Å². The lowest BCUT2D eigenvalue weighted by atomic mass is 10.1. The van der Waals surface area contributed by atoms with Gasteiger partial charge in [-0.2, -0.15) is 0 Å². The van der Waals surface area contributed by atoms with Crippen molar-refractivity contribution in [3.05, 3.63) is 47.5 Å². The van der Waals surface area contributed by atoms with Crippen LogP contribution in [0.3, 0.4) is 0 Å². The number of benzene rings is 1. The van der Waals surface area contributed by atoms with Crippen LogP contribution in [0, 0.1) is 0 Å². The maximum Gasteiger partial charge on any atom is 0.244 e. The van der Waals surface area contributed by atoms with Gasteiger partial charge in [-0.25, -0.2) is 0 Å². The minimum atomic E-state index is -0.343. The monoisotopic (exact) mass is 219 g/mol. The number of rotatable bonds is 4. The molecule has 0 aliphatic carbocycles. The van der Waals surface area contributed by atoms with Gasteiger partial charge in [0.25, 0.3) is 0 Å². The maximum atomic E-state index is 11.5. The second-order valence-corrected chi connectivity index (χ2v) is 3.88. The summed E-state index contributed by atoms with van der Waals surface area (Å²) in [5.41, 5.74) is 1.84. The van der Waals surface area contributed by atoms with Gasteiger partial charge < -0.3 is 10.4 Å². The third-order valence-electron chi connectivity index (χ3n) is 2.12. The molecule has 0 saturated carbocycles. The van der Waals surface area contributed by atoms with Crippen LogP contribution >= 0.6 is 0 Å². The predicted molar refractivity (Wildman–Crippen MR) is 63.8 cm³/mol. The highest BCUT2D eigenvalue weighted by Gasteiger charge is 2.11. The summed E-state index contributed by atoms with van der Waals surface area (Å²) < 4.78 is 0. The van der Waals surface area contributed by atoms with Gasteiger partial charge in [-0.15, -0.1) is 0 Å². The Morgan fingerprint density at radius 3 is 2.50 bits per heavy atom. The van der Waals surface area contributed by atoms with Crippen molar-refractivity contribution in [3.63, 3.8) is 0 Å². The first kappa shape index (κ1) is 12.5. The van der Waals surface area contributed by atoms with Crippen molar-refractivity contribution in [2.75, 3.05) is 6.61 Å². The molecule has 1 unspecified atom stereocenters. The van der Waals surface area contributed by atoms with Gasteiger partial charge in [0.1, 0.15) is 0 Å². The quantitative estimate of drug-likeness (QED) is 0.759. The van der Waals surface area contributed by atoms with E-state index in [-0.39, 0.29) is 18.6 Å². The van der Waals surface area contributed by atoms with Crippen LogP contribution in [0.5, 0.6) is 0 Å². The summed E-state index contributed by atoms with van der Waals surface area (Å²) >= 11 is 0. The van der Waals surface area contributed by atoms with Crippen LogP contribution in [0.25, 0.3) is 0 Å². The van der Waals surface area contributed by atoms with Gasteiger partial charge in [-0.05, 0) is 19.4 Å². The molecule has 0 saturated heterocycles. The summed E-state index contributed by atoms with van der Waals surface area (Å²) in [4.78, 5) is 11.5. The molecule has 0 spiro atoms. The lowest BCUT2D eigenvalue weighted by Gasteiger charge is -2.15. The fraction of sp³-hybridized carbons (Fsp3) is 0.308. The summed E-state index contributed by atoms with van der Waals surface area (Å²) in [5.74, 6) is -0.178. The molecule has 3 heteroatoms. The minimum absolute atomic E-state index is 0.105. The number of carbonyl (C=O) groups excluding carboxylic acids is 1. The molecule has 2 N–H and O–H groups in total. The predicted octanol–water partition coefficient (Wildman–Crippen LogP) is 1.80. The average molecular weight is 219 g/mol. The zero-order valence-corrected chi connectivity index (χ0v) is 9.60. The molecule has 1 rings (SSSR count). The summed E-state index contributed by atoms with van der Waals surface area (Å²) in [5, 5.41) is 12.0. The summed E-state index contributed by atoms with van der Waals surface area (Å²) in [6, 6.07) is 9.07. The van der Waals surface area contributed by atoms with Crippen molar-refractivity contribution < 1.29 is 9.90 Å². The Hall–Kier alpha value is -1.61. The number of aliphatic hydroxyl groups is 1. The third-order valence-corrected chi connectivity index (χ3v) is 2.12. The molecule has 1 amide bonds. The van der Waals surface area contributed by atoms with E-state index in [9.17, 15) is 9.90 Å². The van der Waals surface area contributed by atoms with Crippen molar-refractivity contribution >= 4 is 5.91 Å². The van der Waals surface area contributed by atoms with Gasteiger partial charge in [-0.1, -0.05) is 35.9 Å². The first-order valence-corrected chi connectivity index (χ1v) is 5.24. The summed E-state index contributed by atoms with van der Waals surface area (Å²) in [6.45, 7) is 3.61. The molecule has 1 aromatic rings. The van der Waals surface area contributed by atoms with Crippen molar-refractivity contribution in [1.82, 2.24) is 5.32 Å². The number of hydrogen-bond donors (Lipinski definition) is 2. The largest absolute Gasteiger partial charge is 0.394 e. The Balaban J connectivity index is 2.70. The Morgan fingerprint density at radius 1 is 1.38 bits per heavy atom. The molecule has 3 nitrogen and oxygen atoms in total. The van der Waals surface area contributed by atoms with Gasteiger partial charge >= 0.3 is 0 Å². The van der Waals surface area contributed by atoms with E-state index in [1.165, 1.54) is 6.08 Å². The van der Waals surface area contributed by atoms with Gasteiger partial charge in [0.2, 0.25) is 5.91 Å². The van der Waals surface area contributed by atoms with Crippen LogP contribution in [-0.2, 0) is 4.79 Å². The Morgan fingerprint density at radius 2 is 2.00 bits per heavy atom. The van der Waals surface area contributed by atoms with Crippen LogP contribution < -0.4 is 5.32 Å². The topological polar surface area (TPSA) is 49.3 Å². The Bertz CT molecular complexity index is 367. The van der Waals surface area contributed by atoms with E-state index in [1.807, 2.05) is 44.2 Å². The van der Waals surface area contributed by atoms with Crippen molar-refractivity contribution in [2.24, 2.45) is 0 Å². The first-order valence-electron chi connectivity index (χ1n) is 5.24. The molecule has 0 aliphatic rings. The fourth-order valence-electron chi connectivity index (χ4n) is 1.40. The number of carbonyl (C=O) groups is 1. The standard InChI is InChI=1S/C13H17NO2/c1-10(2)8-13(16)14-12(9-15)11-6-4-3-5-7-11/h3-8,12,15H,9H2,1-2H3,(H,14,16). The molecule has 1 aromatic carbocycles. The molecular formula is C13H17NO2. The lowest BCUT2D eigenvalue weighted by Crippen LogP contribution is -2.29. The highest BCUT2D eigenvalue weighted by atomic mass is 16.3. The highest BCUT2D eigenvalue weighted by Crippen LogP contribution is 2.11. The SMILES string of the molecule is CC(C)=CC(=O)NC(CO)c1ccccc1. The van der Waals surface area contributed by atoms with Gasteiger partial charge in [0.15, 0.2) is 0 Å². The number of nitrogens with one attached hydrogen (secondary N) is 1. The number of hydrogen-bond acceptors (Lipinski definition) is 2. The molecular weight excluding hydrogens is 202 g/mol. The molecule has 1 atom stereocenters.